The van der Waals surface area contributed by atoms with E-state index in [9.17, 15) is 24.0 Å². The number of fused-ring (bicyclic) bond motifs is 4. The van der Waals surface area contributed by atoms with Gasteiger partial charge in [0.05, 0.1) is 44.6 Å². The van der Waals surface area contributed by atoms with Gasteiger partial charge in [0, 0.05) is 74.2 Å². The highest BCUT2D eigenvalue weighted by Crippen LogP contribution is 2.28. The van der Waals surface area contributed by atoms with Crippen molar-refractivity contribution in [2.24, 2.45) is 5.10 Å². The van der Waals surface area contributed by atoms with Crippen LogP contribution in [0, 0.1) is 0 Å². The van der Waals surface area contributed by atoms with Crippen LogP contribution in [-0.2, 0) is 80.5 Å². The number of esters is 2. The Balaban J connectivity index is 0.000000149. The molecule has 0 spiro atoms. The van der Waals surface area contributed by atoms with Crippen molar-refractivity contribution in [3.05, 3.63) is 171 Å². The summed E-state index contributed by atoms with van der Waals surface area (Å²) in [4.78, 5) is 66.3. The average molecular weight is 1080 g/mol. The third-order valence-corrected chi connectivity index (χ3v) is 13.6. The standard InChI is InChI=1S/C21H19N5O2.C13H17NO2.C11H13NO2.C9H11N.C4H7BrO2/c27-19(12-26-6-5-13-3-1-2-4-14(13)11-26)24-16-7-17-20-15(9-22-18(20)8-16)10-23-25-21(17)28;1-2-16-13(15)10-14-8-7-11-5-3-4-6-12(11)9-14;13-11(14)8-12-6-5-9-3-1-2-4-10(9)7-12;1-2-4-9-7-10-6-5-8(9)3-1;1-2-7-4(6)3-5/h1-4,7-10,22H,5-6,11-12H2,(H,24,27)(H,25,28);3-6H,2,7-10H2,1H3;1-4H,5-8H2,(H,13,14);1-4,10H,5-7H2;2-3H2,1H3. The molecule has 5 N–H and O–H groups in total. The van der Waals surface area contributed by atoms with Gasteiger partial charge in [-0.1, -0.05) is 113 Å². The van der Waals surface area contributed by atoms with Gasteiger partial charge in [0.25, 0.3) is 5.91 Å². The summed E-state index contributed by atoms with van der Waals surface area (Å²) in [6.45, 7) is 12.6. The minimum absolute atomic E-state index is 0.0945. The lowest BCUT2D eigenvalue weighted by Gasteiger charge is -2.28. The quantitative estimate of drug-likeness (QED) is 0.0682. The van der Waals surface area contributed by atoms with Crippen molar-refractivity contribution < 1.29 is 38.6 Å². The van der Waals surface area contributed by atoms with Gasteiger partial charge in [-0.2, -0.15) is 5.10 Å². The number of nitrogens with zero attached hydrogens (tertiary/aromatic N) is 4. The number of carboxylic acid groups (broad SMARTS) is 1. The molecule has 0 bridgehead atoms. The zero-order valence-corrected chi connectivity index (χ0v) is 44.3. The maximum Gasteiger partial charge on any atom is 0.320 e. The van der Waals surface area contributed by atoms with Crippen LogP contribution in [0.4, 0.5) is 5.69 Å². The highest BCUT2D eigenvalue weighted by molar-refractivity contribution is 9.09. The second kappa shape index (κ2) is 28.6. The molecule has 5 aliphatic rings. The lowest BCUT2D eigenvalue weighted by molar-refractivity contribution is -0.144. The van der Waals surface area contributed by atoms with Crippen LogP contribution in [0.2, 0.25) is 0 Å². The molecule has 0 atom stereocenters. The normalized spacial score (nSPS) is 15.2. The first kappa shape index (κ1) is 55.7. The van der Waals surface area contributed by atoms with E-state index in [0.29, 0.717) is 42.9 Å². The van der Waals surface area contributed by atoms with E-state index in [1.807, 2.05) is 42.2 Å². The number of alkyl halides is 1. The van der Waals surface area contributed by atoms with E-state index in [4.69, 9.17) is 9.84 Å². The molecular formula is C58H67BrN8O8. The van der Waals surface area contributed by atoms with Crippen molar-refractivity contribution in [2.45, 2.75) is 65.7 Å². The molecule has 11 rings (SSSR count). The number of aromatic amines is 1. The number of aromatic nitrogens is 1. The zero-order valence-electron chi connectivity index (χ0n) is 42.7. The van der Waals surface area contributed by atoms with Gasteiger partial charge in [0.1, 0.15) is 5.33 Å². The number of carbonyl (C=O) groups excluding carboxylic acids is 4. The third kappa shape index (κ3) is 16.7. The number of H-pyrrole nitrogens is 1. The number of nitrogens with one attached hydrogen (secondary N) is 4. The van der Waals surface area contributed by atoms with Crippen LogP contribution < -0.4 is 16.1 Å². The fraction of sp³-hybridized carbons (Fsp3) is 0.345. The molecule has 17 heteroatoms. The van der Waals surface area contributed by atoms with Gasteiger partial charge in [0.2, 0.25) is 5.91 Å². The summed E-state index contributed by atoms with van der Waals surface area (Å²) in [6, 6.07) is 37.2. The second-order valence-electron chi connectivity index (χ2n) is 18.5. The number of hydrogen-bond donors (Lipinski definition) is 5. The fourth-order valence-electron chi connectivity index (χ4n) is 9.54. The number of carboxylic acids is 1. The first-order valence-electron chi connectivity index (χ1n) is 25.5. The van der Waals surface area contributed by atoms with Crippen LogP contribution in [0.3, 0.4) is 0 Å². The Morgan fingerprint density at radius 1 is 0.653 bits per heavy atom. The predicted octanol–water partition coefficient (Wildman–Crippen LogP) is 7.26. The summed E-state index contributed by atoms with van der Waals surface area (Å²) in [6.07, 6.45) is 7.54. The number of anilines is 1. The van der Waals surface area contributed by atoms with E-state index in [1.165, 1.54) is 50.9 Å². The summed E-state index contributed by atoms with van der Waals surface area (Å²) in [7, 11) is 0. The number of hydrogen-bond acceptors (Lipinski definition) is 12. The molecule has 0 radical (unpaired) electrons. The largest absolute Gasteiger partial charge is 0.480 e. The highest BCUT2D eigenvalue weighted by atomic mass is 79.9. The molecule has 6 heterocycles. The molecule has 394 valence electrons. The average Bonchev–Trinajstić information content (AvgIpc) is 3.75. The Hall–Kier alpha value is -7.02. The maximum atomic E-state index is 12.6. The van der Waals surface area contributed by atoms with Gasteiger partial charge in [-0.15, -0.1) is 0 Å². The lowest BCUT2D eigenvalue weighted by Crippen LogP contribution is -2.37. The Bertz CT molecular complexity index is 2920. The van der Waals surface area contributed by atoms with Gasteiger partial charge in [-0.25, -0.2) is 5.43 Å². The summed E-state index contributed by atoms with van der Waals surface area (Å²) < 4.78 is 9.46. The summed E-state index contributed by atoms with van der Waals surface area (Å²) in [5.74, 6) is -1.46. The molecule has 75 heavy (non-hydrogen) atoms. The third-order valence-electron chi connectivity index (χ3n) is 13.1. The van der Waals surface area contributed by atoms with E-state index < -0.39 is 5.97 Å². The van der Waals surface area contributed by atoms with E-state index in [0.717, 1.165) is 88.1 Å². The molecule has 0 saturated carbocycles. The number of carbonyl (C=O) groups is 5. The molecular weight excluding hydrogens is 1020 g/mol. The number of ether oxygens (including phenoxy) is 2. The molecule has 5 aromatic carbocycles. The van der Waals surface area contributed by atoms with Crippen molar-refractivity contribution in [3.63, 3.8) is 0 Å². The van der Waals surface area contributed by atoms with Gasteiger partial charge in [-0.05, 0) is 103 Å². The smallest absolute Gasteiger partial charge is 0.320 e. The Morgan fingerprint density at radius 3 is 1.65 bits per heavy atom. The molecule has 0 aliphatic carbocycles. The molecule has 2 amide bonds. The molecule has 16 nitrogen and oxygen atoms in total. The Kier molecular flexibility index (Phi) is 21.2. The van der Waals surface area contributed by atoms with Crippen LogP contribution in [-0.4, -0.2) is 125 Å². The minimum atomic E-state index is -0.746. The molecule has 6 aromatic rings. The number of hydrazone groups is 1. The Labute approximate surface area is 447 Å². The Morgan fingerprint density at radius 2 is 1.15 bits per heavy atom. The number of rotatable bonds is 10. The topological polar surface area (TPSA) is 198 Å². The minimum Gasteiger partial charge on any atom is -0.480 e. The van der Waals surface area contributed by atoms with Crippen LogP contribution >= 0.6 is 15.9 Å². The van der Waals surface area contributed by atoms with Crippen LogP contribution in [0.1, 0.15) is 74.3 Å². The monoisotopic (exact) mass is 1080 g/mol. The van der Waals surface area contributed by atoms with Crippen LogP contribution in [0.15, 0.2) is 120 Å². The van der Waals surface area contributed by atoms with Crippen molar-refractivity contribution >= 4 is 68.5 Å². The van der Waals surface area contributed by atoms with Gasteiger partial charge in [0.15, 0.2) is 0 Å². The fourth-order valence-corrected chi connectivity index (χ4v) is 9.70. The zero-order chi connectivity index (χ0) is 52.9. The number of amides is 2. The molecule has 5 aliphatic heterocycles. The summed E-state index contributed by atoms with van der Waals surface area (Å²) in [5.41, 5.74) is 16.2. The van der Waals surface area contributed by atoms with E-state index >= 15 is 0 Å². The van der Waals surface area contributed by atoms with Crippen molar-refractivity contribution in [1.82, 2.24) is 30.4 Å². The highest BCUT2D eigenvalue weighted by Gasteiger charge is 2.22. The number of halogens is 1. The van der Waals surface area contributed by atoms with Crippen LogP contribution in [0.5, 0.6) is 0 Å². The van der Waals surface area contributed by atoms with Gasteiger partial charge < -0.3 is 30.2 Å². The maximum absolute atomic E-state index is 12.6. The van der Waals surface area contributed by atoms with Crippen molar-refractivity contribution in [2.75, 3.05) is 69.7 Å². The summed E-state index contributed by atoms with van der Waals surface area (Å²) >= 11 is 2.94. The molecule has 0 unspecified atom stereocenters. The predicted molar refractivity (Wildman–Crippen MR) is 295 cm³/mol. The lowest BCUT2D eigenvalue weighted by atomic mass is 10.00. The van der Waals surface area contributed by atoms with E-state index in [2.05, 4.69) is 129 Å². The molecule has 0 saturated heterocycles. The molecule has 0 fully saturated rings. The molecule has 1 aromatic heterocycles. The van der Waals surface area contributed by atoms with Crippen LogP contribution in [0.25, 0.3) is 10.9 Å². The number of aliphatic carboxylic acids is 1. The van der Waals surface area contributed by atoms with E-state index in [-0.39, 0.29) is 30.3 Å². The van der Waals surface area contributed by atoms with E-state index in [1.54, 1.807) is 25.4 Å². The SMILES string of the molecule is CCOC(=O)CBr.CCOC(=O)CN1CCc2ccccc2C1.O=C(CN1CCc2ccccc2C1)Nc1cc2c3c(c[nH]c3c1)C=NNC2=O.O=C(O)CN1CCc2ccccc2C1.c1ccc2c(c1)CCNC2. The number of benzene rings is 5. The van der Waals surface area contributed by atoms with Gasteiger partial charge >= 0.3 is 17.9 Å². The van der Waals surface area contributed by atoms with Crippen molar-refractivity contribution in [3.8, 4) is 0 Å². The first-order chi connectivity index (χ1) is 36.5. The first-order valence-corrected chi connectivity index (χ1v) is 26.6. The second-order valence-corrected chi connectivity index (χ2v) is 19.0. The van der Waals surface area contributed by atoms with Gasteiger partial charge in [-0.3, -0.25) is 38.7 Å². The van der Waals surface area contributed by atoms with Crippen molar-refractivity contribution in [1.29, 1.82) is 0 Å². The summed E-state index contributed by atoms with van der Waals surface area (Å²) in [5, 5.41) is 20.0.